The van der Waals surface area contributed by atoms with E-state index in [4.69, 9.17) is 14.0 Å². The van der Waals surface area contributed by atoms with Gasteiger partial charge in [0.25, 0.3) is 0 Å². The van der Waals surface area contributed by atoms with Gasteiger partial charge >= 0.3 is 7.12 Å². The van der Waals surface area contributed by atoms with Crippen molar-refractivity contribution in [3.63, 3.8) is 0 Å². The van der Waals surface area contributed by atoms with Crippen LogP contribution in [0.2, 0.25) is 0 Å². The summed E-state index contributed by atoms with van der Waals surface area (Å²) in [6.45, 7) is 9.96. The minimum Gasteiger partial charge on any atom is -0.478 e. The highest BCUT2D eigenvalue weighted by Crippen LogP contribution is 2.36. The lowest BCUT2D eigenvalue weighted by molar-refractivity contribution is 0.00578. The lowest BCUT2D eigenvalue weighted by atomic mass is 9.80. The van der Waals surface area contributed by atoms with Gasteiger partial charge in [0.1, 0.15) is 5.82 Å². The number of halogens is 1. The van der Waals surface area contributed by atoms with Gasteiger partial charge in [0.05, 0.1) is 17.8 Å². The van der Waals surface area contributed by atoms with E-state index >= 15 is 0 Å². The summed E-state index contributed by atoms with van der Waals surface area (Å²) in [5, 5.41) is 0. The largest absolute Gasteiger partial charge is 0.499 e. The fourth-order valence-corrected chi connectivity index (χ4v) is 1.79. The molecule has 2 heterocycles. The molecule has 104 valence electrons. The maximum absolute atomic E-state index is 14.0. The molecule has 19 heavy (non-hydrogen) atoms. The van der Waals surface area contributed by atoms with Gasteiger partial charge in [0, 0.05) is 17.7 Å². The zero-order valence-corrected chi connectivity index (χ0v) is 12.0. The van der Waals surface area contributed by atoms with Crippen molar-refractivity contribution < 1.29 is 18.4 Å². The van der Waals surface area contributed by atoms with E-state index < -0.39 is 24.1 Å². The van der Waals surface area contributed by atoms with Gasteiger partial charge in [-0.05, 0) is 34.6 Å². The van der Waals surface area contributed by atoms with Crippen LogP contribution >= 0.6 is 0 Å². The van der Waals surface area contributed by atoms with Crippen molar-refractivity contribution in [2.24, 2.45) is 0 Å². The molecular formula is C13H19BFNO3. The second kappa shape index (κ2) is 4.76. The van der Waals surface area contributed by atoms with Gasteiger partial charge in [-0.25, -0.2) is 9.37 Å². The molecule has 1 aliphatic heterocycles. The average molecular weight is 267 g/mol. The van der Waals surface area contributed by atoms with Crippen molar-refractivity contribution in [2.75, 3.05) is 6.61 Å². The Morgan fingerprint density at radius 3 is 2.32 bits per heavy atom. The molecular weight excluding hydrogens is 248 g/mol. The summed E-state index contributed by atoms with van der Waals surface area (Å²) in [5.74, 6) is -0.169. The molecule has 2 rings (SSSR count). The monoisotopic (exact) mass is 267 g/mol. The number of aromatic nitrogens is 1. The Hall–Kier alpha value is -1.14. The average Bonchev–Trinajstić information content (AvgIpc) is 2.48. The Labute approximate surface area is 113 Å². The van der Waals surface area contributed by atoms with Crippen LogP contribution in [0.15, 0.2) is 12.3 Å². The highest BCUT2D eigenvalue weighted by molar-refractivity contribution is 6.62. The Bertz CT molecular complexity index is 463. The molecule has 0 amide bonds. The van der Waals surface area contributed by atoms with E-state index in [0.717, 1.165) is 0 Å². The molecule has 0 atom stereocenters. The predicted octanol–water partition coefficient (Wildman–Crippen LogP) is 1.92. The zero-order valence-electron chi connectivity index (χ0n) is 12.0. The molecule has 4 nitrogen and oxygen atoms in total. The molecule has 1 aromatic heterocycles. The van der Waals surface area contributed by atoms with Gasteiger partial charge in [0.2, 0.25) is 5.88 Å². The summed E-state index contributed by atoms with van der Waals surface area (Å²) in [6.07, 6.45) is 1.41. The molecule has 6 heteroatoms. The lowest BCUT2D eigenvalue weighted by Crippen LogP contribution is -2.41. The summed E-state index contributed by atoms with van der Waals surface area (Å²) >= 11 is 0. The number of rotatable bonds is 3. The van der Waals surface area contributed by atoms with Crippen LogP contribution in [0.1, 0.15) is 34.6 Å². The van der Waals surface area contributed by atoms with E-state index in [1.807, 2.05) is 34.6 Å². The third-order valence-electron chi connectivity index (χ3n) is 3.66. The van der Waals surface area contributed by atoms with E-state index in [1.54, 1.807) is 0 Å². The van der Waals surface area contributed by atoms with Gasteiger partial charge < -0.3 is 14.0 Å². The summed E-state index contributed by atoms with van der Waals surface area (Å²) < 4.78 is 30.8. The van der Waals surface area contributed by atoms with E-state index in [2.05, 4.69) is 4.98 Å². The topological polar surface area (TPSA) is 40.6 Å². The molecule has 1 aliphatic rings. The maximum Gasteiger partial charge on any atom is 0.499 e. The van der Waals surface area contributed by atoms with Gasteiger partial charge in [-0.3, -0.25) is 0 Å². The smallest absolute Gasteiger partial charge is 0.478 e. The highest BCUT2D eigenvalue weighted by atomic mass is 19.1. The van der Waals surface area contributed by atoms with E-state index in [0.29, 0.717) is 12.1 Å². The third kappa shape index (κ3) is 2.60. The molecule has 0 aromatic carbocycles. The molecule has 0 unspecified atom stereocenters. The minimum absolute atomic E-state index is 0.264. The minimum atomic E-state index is -0.742. The number of nitrogens with zero attached hydrogens (tertiary/aromatic N) is 1. The predicted molar refractivity (Wildman–Crippen MR) is 71.1 cm³/mol. The van der Waals surface area contributed by atoms with Crippen molar-refractivity contribution in [1.29, 1.82) is 0 Å². The standard InChI is InChI=1S/C13H19BFNO3/c1-6-17-11-7-10(15)9(8-16-11)14-18-12(2,3)13(4,5)19-14/h7-8H,6H2,1-5H3. The van der Waals surface area contributed by atoms with E-state index in [1.165, 1.54) is 12.3 Å². The van der Waals surface area contributed by atoms with Gasteiger partial charge in [-0.15, -0.1) is 0 Å². The van der Waals surface area contributed by atoms with Gasteiger partial charge in [-0.2, -0.15) is 0 Å². The Balaban J connectivity index is 2.25. The van der Waals surface area contributed by atoms with Crippen molar-refractivity contribution in [3.05, 3.63) is 18.1 Å². The molecule has 1 fully saturated rings. The first-order chi connectivity index (χ1) is 8.77. The lowest BCUT2D eigenvalue weighted by Gasteiger charge is -2.32. The van der Waals surface area contributed by atoms with E-state index in [-0.39, 0.29) is 5.88 Å². The normalized spacial score (nSPS) is 20.6. The van der Waals surface area contributed by atoms with Crippen LogP contribution in [0, 0.1) is 5.82 Å². The van der Waals surface area contributed by atoms with E-state index in [9.17, 15) is 4.39 Å². The van der Waals surface area contributed by atoms with Crippen LogP contribution in [-0.4, -0.2) is 29.9 Å². The molecule has 0 N–H and O–H groups in total. The quantitative estimate of drug-likeness (QED) is 0.784. The van der Waals surface area contributed by atoms with Crippen LogP contribution in [0.4, 0.5) is 4.39 Å². The maximum atomic E-state index is 14.0. The fourth-order valence-electron chi connectivity index (χ4n) is 1.79. The molecule has 0 saturated carbocycles. The summed E-state index contributed by atoms with van der Waals surface area (Å²) in [6, 6.07) is 1.25. The zero-order chi connectivity index (χ0) is 14.3. The SMILES string of the molecule is CCOc1cc(F)c(B2OC(C)(C)C(C)(C)O2)cn1. The second-order valence-electron chi connectivity index (χ2n) is 5.57. The second-order valence-corrected chi connectivity index (χ2v) is 5.57. The molecule has 0 radical (unpaired) electrons. The number of hydrogen-bond donors (Lipinski definition) is 0. The fraction of sp³-hybridized carbons (Fsp3) is 0.615. The Morgan fingerprint density at radius 2 is 1.84 bits per heavy atom. The van der Waals surface area contributed by atoms with Crippen molar-refractivity contribution in [3.8, 4) is 5.88 Å². The molecule has 0 bridgehead atoms. The van der Waals surface area contributed by atoms with Crippen LogP contribution in [0.25, 0.3) is 0 Å². The van der Waals surface area contributed by atoms with Crippen molar-refractivity contribution >= 4 is 12.6 Å². The Morgan fingerprint density at radius 1 is 1.26 bits per heavy atom. The van der Waals surface area contributed by atoms with Crippen molar-refractivity contribution in [1.82, 2.24) is 4.98 Å². The number of pyridine rings is 1. The van der Waals surface area contributed by atoms with Crippen LogP contribution in [-0.2, 0) is 9.31 Å². The van der Waals surface area contributed by atoms with Gasteiger partial charge in [0.15, 0.2) is 0 Å². The molecule has 0 spiro atoms. The third-order valence-corrected chi connectivity index (χ3v) is 3.66. The molecule has 1 aromatic rings. The summed E-state index contributed by atoms with van der Waals surface area (Å²) in [7, 11) is -0.742. The molecule has 0 aliphatic carbocycles. The van der Waals surface area contributed by atoms with Crippen LogP contribution in [0.3, 0.4) is 0 Å². The van der Waals surface area contributed by atoms with Gasteiger partial charge in [-0.1, -0.05) is 0 Å². The first-order valence-electron chi connectivity index (χ1n) is 6.41. The summed E-state index contributed by atoms with van der Waals surface area (Å²) in [5.41, 5.74) is -0.701. The first kappa shape index (κ1) is 14.3. The first-order valence-corrected chi connectivity index (χ1v) is 6.41. The molecule has 1 saturated heterocycles. The van der Waals surface area contributed by atoms with Crippen LogP contribution in [0.5, 0.6) is 5.88 Å². The summed E-state index contributed by atoms with van der Waals surface area (Å²) in [4.78, 5) is 4.05. The number of hydrogen-bond acceptors (Lipinski definition) is 4. The Kier molecular flexibility index (Phi) is 3.58. The van der Waals surface area contributed by atoms with Crippen molar-refractivity contribution in [2.45, 2.75) is 45.8 Å². The van der Waals surface area contributed by atoms with Crippen LogP contribution < -0.4 is 10.2 Å². The number of ether oxygens (including phenoxy) is 1. The highest BCUT2D eigenvalue weighted by Gasteiger charge is 2.52.